The maximum absolute atomic E-state index is 13.7. The first-order chi connectivity index (χ1) is 22.4. The van der Waals surface area contributed by atoms with Crippen LogP contribution in [0.4, 0.5) is 5.82 Å². The topological polar surface area (TPSA) is 72.6 Å². The summed E-state index contributed by atoms with van der Waals surface area (Å²) in [5, 5.41) is 10.0. The number of thioether (sulfide) groups is 1. The summed E-state index contributed by atoms with van der Waals surface area (Å²) in [5.41, 5.74) is 2.58. The van der Waals surface area contributed by atoms with E-state index in [-0.39, 0.29) is 17.0 Å². The second-order valence-electron chi connectivity index (χ2n) is 12.6. The van der Waals surface area contributed by atoms with Crippen molar-refractivity contribution >= 4 is 46.1 Å². The van der Waals surface area contributed by atoms with Gasteiger partial charge in [-0.3, -0.25) is 24.0 Å². The minimum Gasteiger partial charge on any atom is -0.355 e. The van der Waals surface area contributed by atoms with Crippen LogP contribution >= 0.6 is 24.0 Å². The molecule has 0 saturated carbocycles. The summed E-state index contributed by atoms with van der Waals surface area (Å²) in [4.78, 5) is 34.2. The zero-order valence-electron chi connectivity index (χ0n) is 28.1. The zero-order chi connectivity index (χ0) is 32.9. The van der Waals surface area contributed by atoms with Gasteiger partial charge in [-0.15, -0.1) is 0 Å². The van der Waals surface area contributed by atoms with E-state index in [0.29, 0.717) is 27.9 Å². The number of nitrogens with zero attached hydrogens (tertiary/aromatic N) is 5. The monoisotopic (exact) mass is 661 g/mol. The molecule has 7 nitrogen and oxygen atoms in total. The van der Waals surface area contributed by atoms with Crippen LogP contribution in [0.1, 0.15) is 107 Å². The Balaban J connectivity index is 1.48. The molecule has 1 aromatic carbocycles. The first-order valence-electron chi connectivity index (χ1n) is 17.3. The molecule has 0 aliphatic carbocycles. The number of carbonyl (C=O) groups excluding carboxylic acids is 1. The average molecular weight is 662 g/mol. The number of anilines is 1. The molecule has 0 radical (unpaired) electrons. The van der Waals surface area contributed by atoms with Gasteiger partial charge in [-0.25, -0.2) is 0 Å². The van der Waals surface area contributed by atoms with E-state index in [4.69, 9.17) is 12.2 Å². The van der Waals surface area contributed by atoms with Crippen molar-refractivity contribution in [3.8, 4) is 6.07 Å². The van der Waals surface area contributed by atoms with Crippen molar-refractivity contribution in [3.05, 3.63) is 67.8 Å². The van der Waals surface area contributed by atoms with Crippen LogP contribution in [0, 0.1) is 18.3 Å². The fraction of sp³-hybridized carbons (Fsp3) is 0.568. The molecule has 0 spiro atoms. The van der Waals surface area contributed by atoms with Gasteiger partial charge in [-0.1, -0.05) is 126 Å². The first kappa shape index (κ1) is 35.9. The van der Waals surface area contributed by atoms with E-state index in [0.717, 1.165) is 63.4 Å². The predicted molar refractivity (Wildman–Crippen MR) is 196 cm³/mol. The molecule has 2 aliphatic rings. The molecule has 1 amide bonds. The van der Waals surface area contributed by atoms with Crippen molar-refractivity contribution in [3.63, 3.8) is 0 Å². The van der Waals surface area contributed by atoms with Crippen LogP contribution in [0.25, 0.3) is 6.08 Å². The number of unbranched alkanes of at least 4 members (excludes halogenated alkanes) is 9. The fourth-order valence-corrected chi connectivity index (χ4v) is 7.75. The lowest BCUT2D eigenvalue weighted by Gasteiger charge is -2.38. The fourth-order valence-electron chi connectivity index (χ4n) is 6.46. The molecule has 4 rings (SSSR count). The summed E-state index contributed by atoms with van der Waals surface area (Å²) >= 11 is 7.01. The van der Waals surface area contributed by atoms with E-state index < -0.39 is 0 Å². The molecule has 2 aromatic rings. The van der Waals surface area contributed by atoms with Gasteiger partial charge in [0.2, 0.25) is 0 Å². The van der Waals surface area contributed by atoms with Gasteiger partial charge >= 0.3 is 0 Å². The van der Waals surface area contributed by atoms with Crippen molar-refractivity contribution in [2.24, 2.45) is 0 Å². The lowest BCUT2D eigenvalue weighted by atomic mass is 10.0. The molecule has 248 valence electrons. The normalized spacial score (nSPS) is 16.5. The first-order valence-corrected chi connectivity index (χ1v) is 18.6. The number of nitriles is 1. The lowest BCUT2D eigenvalue weighted by molar-refractivity contribution is -0.122. The van der Waals surface area contributed by atoms with Gasteiger partial charge in [0.1, 0.15) is 21.8 Å². The largest absolute Gasteiger partial charge is 0.355 e. The molecule has 0 N–H and O–H groups in total. The van der Waals surface area contributed by atoms with Gasteiger partial charge in [0, 0.05) is 51.4 Å². The van der Waals surface area contributed by atoms with Crippen LogP contribution in [0.2, 0.25) is 0 Å². The van der Waals surface area contributed by atoms with Crippen molar-refractivity contribution < 1.29 is 4.79 Å². The highest BCUT2D eigenvalue weighted by atomic mass is 32.2. The molecule has 0 unspecified atom stereocenters. The third kappa shape index (κ3) is 9.33. The molecule has 9 heteroatoms. The van der Waals surface area contributed by atoms with Gasteiger partial charge in [-0.2, -0.15) is 5.26 Å². The summed E-state index contributed by atoms with van der Waals surface area (Å²) in [6.07, 6.45) is 15.1. The van der Waals surface area contributed by atoms with Crippen molar-refractivity contribution in [1.82, 2.24) is 14.4 Å². The van der Waals surface area contributed by atoms with Crippen molar-refractivity contribution in [2.45, 2.75) is 104 Å². The summed E-state index contributed by atoms with van der Waals surface area (Å²) in [7, 11) is 0. The van der Waals surface area contributed by atoms with Crippen LogP contribution in [-0.2, 0) is 17.9 Å². The number of hydrogen-bond acceptors (Lipinski definition) is 7. The van der Waals surface area contributed by atoms with Gasteiger partial charge in [0.15, 0.2) is 0 Å². The lowest BCUT2D eigenvalue weighted by Crippen LogP contribution is -2.48. The minimum absolute atomic E-state index is 0.0734. The Bertz CT molecular complexity index is 1450. The number of rotatable bonds is 17. The number of thiocarbonyl (C=S) groups is 1. The highest BCUT2D eigenvalue weighted by Crippen LogP contribution is 2.36. The summed E-state index contributed by atoms with van der Waals surface area (Å²) in [5.74, 6) is 0.735. The molecule has 0 bridgehead atoms. The quantitative estimate of drug-likeness (QED) is 0.0970. The number of aromatic nitrogens is 1. The third-order valence-corrected chi connectivity index (χ3v) is 10.5. The highest BCUT2D eigenvalue weighted by molar-refractivity contribution is 8.26. The second-order valence-corrected chi connectivity index (χ2v) is 14.2. The Labute approximate surface area is 285 Å². The molecule has 1 aromatic heterocycles. The van der Waals surface area contributed by atoms with Crippen LogP contribution in [0.15, 0.2) is 40.0 Å². The SMILES string of the molecule is CCCCCCCCCCCCN1C(=O)/C(=C/c2c(C)c(C#N)c(=O)n(CCC)c2N2CCN(Cc3ccccc3)CC2)SC1=S. The van der Waals surface area contributed by atoms with Crippen molar-refractivity contribution in [2.75, 3.05) is 37.6 Å². The van der Waals surface area contributed by atoms with Crippen LogP contribution in [0.3, 0.4) is 0 Å². The van der Waals surface area contributed by atoms with Gasteiger partial charge < -0.3 is 4.90 Å². The molecule has 2 aliphatic heterocycles. The third-order valence-electron chi connectivity index (χ3n) is 9.10. The van der Waals surface area contributed by atoms with Gasteiger partial charge in [0.05, 0.1) is 4.91 Å². The molecular weight excluding hydrogens is 611 g/mol. The number of amides is 1. The van der Waals surface area contributed by atoms with Crippen LogP contribution < -0.4 is 10.5 Å². The predicted octanol–water partition coefficient (Wildman–Crippen LogP) is 7.88. The zero-order valence-corrected chi connectivity index (χ0v) is 29.7. The second kappa shape index (κ2) is 18.4. The Hall–Kier alpha value is -2.93. The Morgan fingerprint density at radius 3 is 2.11 bits per heavy atom. The number of benzene rings is 1. The summed E-state index contributed by atoms with van der Waals surface area (Å²) in [6, 6.07) is 12.6. The van der Waals surface area contributed by atoms with Gasteiger partial charge in [0.25, 0.3) is 11.5 Å². The molecule has 46 heavy (non-hydrogen) atoms. The van der Waals surface area contributed by atoms with Crippen molar-refractivity contribution in [1.29, 1.82) is 5.26 Å². The Morgan fingerprint density at radius 1 is 0.870 bits per heavy atom. The van der Waals surface area contributed by atoms with E-state index in [9.17, 15) is 14.9 Å². The number of piperazine rings is 1. The van der Waals surface area contributed by atoms with Crippen LogP contribution in [-0.4, -0.2) is 57.3 Å². The van der Waals surface area contributed by atoms with Crippen LogP contribution in [0.5, 0.6) is 0 Å². The van der Waals surface area contributed by atoms with E-state index in [1.807, 2.05) is 26.0 Å². The Morgan fingerprint density at radius 2 is 1.50 bits per heavy atom. The van der Waals surface area contributed by atoms with E-state index >= 15 is 0 Å². The van der Waals surface area contributed by atoms with E-state index in [1.165, 1.54) is 68.7 Å². The van der Waals surface area contributed by atoms with E-state index in [1.54, 1.807) is 9.47 Å². The standard InChI is InChI=1S/C37H51N5O2S2/c1-4-6-7-8-9-10-11-12-13-17-21-42-36(44)33(46-37(42)45)26-31-29(3)32(27-38)35(43)41(20-5-2)34(31)40-24-22-39(23-25-40)28-30-18-15-14-16-19-30/h14-16,18-19,26H,4-13,17,20-25,28H2,1-3H3/b33-26-. The smallest absolute Gasteiger partial charge is 0.270 e. The van der Waals surface area contributed by atoms with Gasteiger partial charge in [-0.05, 0) is 37.0 Å². The molecule has 2 saturated heterocycles. The Kier molecular flexibility index (Phi) is 14.4. The number of hydrogen-bond donors (Lipinski definition) is 0. The number of pyridine rings is 1. The maximum atomic E-state index is 13.7. The average Bonchev–Trinajstić information content (AvgIpc) is 3.33. The summed E-state index contributed by atoms with van der Waals surface area (Å²) < 4.78 is 2.35. The molecule has 3 heterocycles. The maximum Gasteiger partial charge on any atom is 0.270 e. The summed E-state index contributed by atoms with van der Waals surface area (Å²) in [6.45, 7) is 11.4. The minimum atomic E-state index is -0.255. The molecule has 2 fully saturated rings. The number of carbonyl (C=O) groups is 1. The highest BCUT2D eigenvalue weighted by Gasteiger charge is 2.33. The molecule has 0 atom stereocenters. The van der Waals surface area contributed by atoms with E-state index in [2.05, 4.69) is 47.1 Å². The molecular formula is C37H51N5O2S2.